The lowest BCUT2D eigenvalue weighted by Gasteiger charge is -2.17. The summed E-state index contributed by atoms with van der Waals surface area (Å²) in [5.74, 6) is 1.89. The predicted molar refractivity (Wildman–Crippen MR) is 136 cm³/mol. The minimum atomic E-state index is -0.361. The number of methoxy groups -OCH3 is 1. The molecular weight excluding hydrogens is 444 g/mol. The van der Waals surface area contributed by atoms with Gasteiger partial charge >= 0.3 is 0 Å². The molecule has 1 aromatic heterocycles. The highest BCUT2D eigenvalue weighted by molar-refractivity contribution is 7.98. The fourth-order valence-electron chi connectivity index (χ4n) is 3.61. The standard InChI is InChI=1S/C27H28N4O2S/c1-18-12-14-23(15-13-18)31-25(20(3)28-26(32)21-10-7-11-24(16-21)33-4)29-30-27(31)34-17-22-9-6-5-8-19(22)2/h5-16,20H,17H2,1-4H3,(H,28,32). The van der Waals surface area contributed by atoms with Gasteiger partial charge in [0.1, 0.15) is 5.75 Å². The highest BCUT2D eigenvalue weighted by atomic mass is 32.2. The molecule has 0 aliphatic heterocycles. The van der Waals surface area contributed by atoms with Gasteiger partial charge in [-0.2, -0.15) is 0 Å². The quantitative estimate of drug-likeness (QED) is 0.334. The first-order valence-electron chi connectivity index (χ1n) is 11.1. The van der Waals surface area contributed by atoms with Crippen LogP contribution in [0.15, 0.2) is 78.0 Å². The van der Waals surface area contributed by atoms with Gasteiger partial charge in [-0.1, -0.05) is 59.8 Å². The van der Waals surface area contributed by atoms with Crippen molar-refractivity contribution in [2.75, 3.05) is 7.11 Å². The van der Waals surface area contributed by atoms with Crippen LogP contribution in [0.25, 0.3) is 5.69 Å². The van der Waals surface area contributed by atoms with Crippen molar-refractivity contribution < 1.29 is 9.53 Å². The third kappa shape index (κ3) is 5.31. The van der Waals surface area contributed by atoms with Gasteiger partial charge in [0.05, 0.1) is 13.2 Å². The summed E-state index contributed by atoms with van der Waals surface area (Å²) >= 11 is 1.63. The van der Waals surface area contributed by atoms with E-state index in [1.54, 1.807) is 37.1 Å². The summed E-state index contributed by atoms with van der Waals surface area (Å²) in [6, 6.07) is 23.3. The normalized spacial score (nSPS) is 11.8. The van der Waals surface area contributed by atoms with Crippen molar-refractivity contribution in [3.05, 3.63) is 101 Å². The molecule has 7 heteroatoms. The van der Waals surface area contributed by atoms with Gasteiger partial charge in [0.15, 0.2) is 11.0 Å². The number of hydrogen-bond acceptors (Lipinski definition) is 5. The molecule has 0 aliphatic rings. The Hall–Kier alpha value is -3.58. The fraction of sp³-hybridized carbons (Fsp3) is 0.222. The molecule has 0 spiro atoms. The van der Waals surface area contributed by atoms with Crippen LogP contribution in [0.3, 0.4) is 0 Å². The van der Waals surface area contributed by atoms with Gasteiger partial charge in [0.25, 0.3) is 5.91 Å². The van der Waals surface area contributed by atoms with Crippen molar-refractivity contribution >= 4 is 17.7 Å². The number of aryl methyl sites for hydroxylation is 2. The van der Waals surface area contributed by atoms with Crippen LogP contribution in [0.5, 0.6) is 5.75 Å². The van der Waals surface area contributed by atoms with Gasteiger partial charge < -0.3 is 10.1 Å². The number of rotatable bonds is 8. The number of thioether (sulfide) groups is 1. The Bertz CT molecular complexity index is 1280. The first-order valence-corrected chi connectivity index (χ1v) is 12.1. The average molecular weight is 473 g/mol. The van der Waals surface area contributed by atoms with Crippen LogP contribution in [0, 0.1) is 13.8 Å². The third-order valence-electron chi connectivity index (χ3n) is 5.64. The van der Waals surface area contributed by atoms with Crippen molar-refractivity contribution in [1.29, 1.82) is 0 Å². The molecule has 1 unspecified atom stereocenters. The Morgan fingerprint density at radius 1 is 1.03 bits per heavy atom. The molecule has 1 heterocycles. The van der Waals surface area contributed by atoms with Crippen molar-refractivity contribution in [2.24, 2.45) is 0 Å². The van der Waals surface area contributed by atoms with E-state index in [-0.39, 0.29) is 11.9 Å². The first-order chi connectivity index (χ1) is 16.5. The predicted octanol–water partition coefficient (Wildman–Crippen LogP) is 5.68. The van der Waals surface area contributed by atoms with Crippen LogP contribution in [0.1, 0.15) is 45.8 Å². The highest BCUT2D eigenvalue weighted by Gasteiger charge is 2.22. The minimum Gasteiger partial charge on any atom is -0.497 e. The second-order valence-corrected chi connectivity index (χ2v) is 9.10. The maximum Gasteiger partial charge on any atom is 0.251 e. The molecule has 0 radical (unpaired) electrons. The molecule has 3 aromatic carbocycles. The number of nitrogens with one attached hydrogen (secondary N) is 1. The molecule has 4 aromatic rings. The maximum absolute atomic E-state index is 12.9. The lowest BCUT2D eigenvalue weighted by Crippen LogP contribution is -2.28. The summed E-state index contributed by atoms with van der Waals surface area (Å²) in [5, 5.41) is 12.8. The number of carbonyl (C=O) groups is 1. The lowest BCUT2D eigenvalue weighted by molar-refractivity contribution is 0.0937. The van der Waals surface area contributed by atoms with E-state index in [1.165, 1.54) is 16.7 Å². The van der Waals surface area contributed by atoms with Gasteiger partial charge in [0.2, 0.25) is 0 Å². The Balaban J connectivity index is 1.62. The number of ether oxygens (including phenoxy) is 1. The summed E-state index contributed by atoms with van der Waals surface area (Å²) in [6.45, 7) is 6.09. The van der Waals surface area contributed by atoms with Crippen molar-refractivity contribution in [3.63, 3.8) is 0 Å². The van der Waals surface area contributed by atoms with E-state index in [2.05, 4.69) is 71.8 Å². The third-order valence-corrected chi connectivity index (χ3v) is 6.61. The number of amides is 1. The molecule has 0 bridgehead atoms. The van der Waals surface area contributed by atoms with E-state index in [0.29, 0.717) is 17.1 Å². The van der Waals surface area contributed by atoms with E-state index < -0.39 is 0 Å². The molecule has 1 atom stereocenters. The number of carbonyl (C=O) groups excluding carboxylic acids is 1. The second kappa shape index (κ2) is 10.6. The molecule has 1 N–H and O–H groups in total. The summed E-state index contributed by atoms with van der Waals surface area (Å²) < 4.78 is 7.27. The van der Waals surface area contributed by atoms with Crippen LogP contribution in [-0.2, 0) is 5.75 Å². The average Bonchev–Trinajstić information content (AvgIpc) is 3.28. The minimum absolute atomic E-state index is 0.195. The molecule has 4 rings (SSSR count). The summed E-state index contributed by atoms with van der Waals surface area (Å²) in [6.07, 6.45) is 0. The van der Waals surface area contributed by atoms with Crippen LogP contribution in [0.4, 0.5) is 0 Å². The van der Waals surface area contributed by atoms with Gasteiger partial charge in [-0.15, -0.1) is 10.2 Å². The van der Waals surface area contributed by atoms with E-state index in [1.807, 2.05) is 23.6 Å². The number of benzene rings is 3. The Kier molecular flexibility index (Phi) is 7.33. The Labute approximate surface area is 204 Å². The van der Waals surface area contributed by atoms with Crippen LogP contribution < -0.4 is 10.1 Å². The van der Waals surface area contributed by atoms with Crippen LogP contribution in [-0.4, -0.2) is 27.8 Å². The molecule has 1 amide bonds. The monoisotopic (exact) mass is 472 g/mol. The molecule has 0 fully saturated rings. The van der Waals surface area contributed by atoms with Crippen LogP contribution in [0.2, 0.25) is 0 Å². The van der Waals surface area contributed by atoms with E-state index in [0.717, 1.165) is 16.6 Å². The zero-order valence-electron chi connectivity index (χ0n) is 19.8. The number of hydrogen-bond donors (Lipinski definition) is 1. The number of aromatic nitrogens is 3. The van der Waals surface area contributed by atoms with Crippen LogP contribution >= 0.6 is 11.8 Å². The molecule has 34 heavy (non-hydrogen) atoms. The largest absolute Gasteiger partial charge is 0.497 e. The molecule has 0 saturated heterocycles. The molecule has 174 valence electrons. The Morgan fingerprint density at radius 2 is 1.79 bits per heavy atom. The van der Waals surface area contributed by atoms with E-state index in [4.69, 9.17) is 4.74 Å². The van der Waals surface area contributed by atoms with Gasteiger partial charge in [-0.3, -0.25) is 9.36 Å². The molecule has 0 aliphatic carbocycles. The van der Waals surface area contributed by atoms with Crippen molar-refractivity contribution in [1.82, 2.24) is 20.1 Å². The van der Waals surface area contributed by atoms with E-state index in [9.17, 15) is 4.79 Å². The zero-order chi connectivity index (χ0) is 24.1. The summed E-state index contributed by atoms with van der Waals surface area (Å²) in [5.41, 5.74) is 5.16. The SMILES string of the molecule is COc1cccc(C(=O)NC(C)c2nnc(SCc3ccccc3C)n2-c2ccc(C)cc2)c1. The van der Waals surface area contributed by atoms with Crippen molar-refractivity contribution in [3.8, 4) is 11.4 Å². The lowest BCUT2D eigenvalue weighted by atomic mass is 10.1. The Morgan fingerprint density at radius 3 is 2.53 bits per heavy atom. The maximum atomic E-state index is 12.9. The van der Waals surface area contributed by atoms with Gasteiger partial charge in [0, 0.05) is 17.0 Å². The second-order valence-electron chi connectivity index (χ2n) is 8.15. The number of nitrogens with zero attached hydrogens (tertiary/aromatic N) is 3. The van der Waals surface area contributed by atoms with Gasteiger partial charge in [-0.05, 0) is 62.2 Å². The molecule has 0 saturated carbocycles. The fourth-order valence-corrected chi connectivity index (χ4v) is 4.65. The molecule has 6 nitrogen and oxygen atoms in total. The summed E-state index contributed by atoms with van der Waals surface area (Å²) in [4.78, 5) is 12.9. The molecular formula is C27H28N4O2S. The van der Waals surface area contributed by atoms with Crippen molar-refractivity contribution in [2.45, 2.75) is 37.7 Å². The summed E-state index contributed by atoms with van der Waals surface area (Å²) in [7, 11) is 1.58. The zero-order valence-corrected chi connectivity index (χ0v) is 20.6. The smallest absolute Gasteiger partial charge is 0.251 e. The highest BCUT2D eigenvalue weighted by Crippen LogP contribution is 2.28. The van der Waals surface area contributed by atoms with Gasteiger partial charge in [-0.25, -0.2) is 0 Å². The first kappa shape index (κ1) is 23.6. The van der Waals surface area contributed by atoms with E-state index >= 15 is 0 Å². The topological polar surface area (TPSA) is 69.0 Å².